The minimum atomic E-state index is -3.50. The number of rotatable bonds is 6. The molecule has 1 rings (SSSR count). The molecule has 0 saturated heterocycles. The number of halogens is 3. The summed E-state index contributed by atoms with van der Waals surface area (Å²) in [5.74, 6) is 0. The fraction of sp³-hybridized carbons (Fsp3) is 0.455. The molecule has 1 aromatic rings. The maximum absolute atomic E-state index is 12.3. The van der Waals surface area contributed by atoms with Crippen LogP contribution in [0.25, 0.3) is 0 Å². The van der Waals surface area contributed by atoms with E-state index < -0.39 is 15.6 Å². The Bertz CT molecular complexity index is 475. The van der Waals surface area contributed by atoms with Crippen molar-refractivity contribution in [3.8, 4) is 0 Å². The summed E-state index contributed by atoms with van der Waals surface area (Å²) in [4.78, 5) is 0.269. The van der Waals surface area contributed by atoms with Gasteiger partial charge in [0.25, 0.3) is 0 Å². The fourth-order valence-corrected chi connectivity index (χ4v) is 5.42. The van der Waals surface area contributed by atoms with Crippen LogP contribution in [0.15, 0.2) is 33.6 Å². The molecule has 0 aliphatic rings. The second kappa shape index (κ2) is 6.83. The first-order chi connectivity index (χ1) is 8.39. The highest BCUT2D eigenvalue weighted by Gasteiger charge is 2.31. The lowest BCUT2D eigenvalue weighted by Gasteiger charge is -2.29. The zero-order chi connectivity index (χ0) is 13.8. The van der Waals surface area contributed by atoms with Crippen LogP contribution in [0, 0.1) is 0 Å². The molecule has 18 heavy (non-hydrogen) atoms. The number of alkyl halides is 2. The van der Waals surface area contributed by atoms with E-state index >= 15 is 0 Å². The standard InChI is InChI=1S/C11H14Br3NO2S/c1-2-11(7-12,8-13)15-18(16,17)10-5-3-9(14)4-6-10/h3-6,15H,2,7-8H2,1H3. The first-order valence-electron chi connectivity index (χ1n) is 5.30. The van der Waals surface area contributed by atoms with Crippen molar-refractivity contribution in [2.45, 2.75) is 23.8 Å². The predicted octanol–water partition coefficient (Wildman–Crippen LogP) is 3.67. The summed E-state index contributed by atoms with van der Waals surface area (Å²) in [5.41, 5.74) is -0.508. The molecule has 1 N–H and O–H groups in total. The Kier molecular flexibility index (Phi) is 6.31. The molecule has 0 spiro atoms. The molecule has 102 valence electrons. The molecule has 0 saturated carbocycles. The van der Waals surface area contributed by atoms with E-state index in [0.29, 0.717) is 17.1 Å². The summed E-state index contributed by atoms with van der Waals surface area (Å²) in [5, 5.41) is 1.11. The molecule has 0 heterocycles. The molecular formula is C11H14Br3NO2S. The lowest BCUT2D eigenvalue weighted by molar-refractivity contribution is 0.459. The normalized spacial score (nSPS) is 12.7. The molecule has 0 bridgehead atoms. The molecule has 7 heteroatoms. The number of hydrogen-bond acceptors (Lipinski definition) is 2. The first-order valence-corrected chi connectivity index (χ1v) is 9.82. The third kappa shape index (κ3) is 4.03. The van der Waals surface area contributed by atoms with Crippen LogP contribution in [0.2, 0.25) is 0 Å². The van der Waals surface area contributed by atoms with Gasteiger partial charge in [0.2, 0.25) is 10.0 Å². The van der Waals surface area contributed by atoms with E-state index in [9.17, 15) is 8.42 Å². The quantitative estimate of drug-likeness (QED) is 0.654. The van der Waals surface area contributed by atoms with Crippen molar-refractivity contribution in [3.05, 3.63) is 28.7 Å². The molecule has 0 radical (unpaired) electrons. The van der Waals surface area contributed by atoms with E-state index in [1.54, 1.807) is 24.3 Å². The van der Waals surface area contributed by atoms with Crippen molar-refractivity contribution >= 4 is 57.8 Å². The lowest BCUT2D eigenvalue weighted by Crippen LogP contribution is -2.50. The molecular weight excluding hydrogens is 450 g/mol. The van der Waals surface area contributed by atoms with Gasteiger partial charge in [-0.25, -0.2) is 13.1 Å². The van der Waals surface area contributed by atoms with Crippen molar-refractivity contribution in [1.82, 2.24) is 4.72 Å². The Balaban J connectivity index is 3.04. The zero-order valence-electron chi connectivity index (χ0n) is 9.79. The Morgan fingerprint density at radius 1 is 1.17 bits per heavy atom. The summed E-state index contributed by atoms with van der Waals surface area (Å²) >= 11 is 10.0. The number of benzene rings is 1. The summed E-state index contributed by atoms with van der Waals surface area (Å²) in [6.07, 6.45) is 0.694. The van der Waals surface area contributed by atoms with E-state index in [1.165, 1.54) is 0 Å². The monoisotopic (exact) mass is 461 g/mol. The topological polar surface area (TPSA) is 46.2 Å². The lowest BCUT2D eigenvalue weighted by atomic mass is 10.0. The summed E-state index contributed by atoms with van der Waals surface area (Å²) in [7, 11) is -3.50. The van der Waals surface area contributed by atoms with Crippen LogP contribution in [0.4, 0.5) is 0 Å². The van der Waals surface area contributed by atoms with Crippen LogP contribution in [0.1, 0.15) is 13.3 Å². The van der Waals surface area contributed by atoms with E-state index in [2.05, 4.69) is 52.5 Å². The zero-order valence-corrected chi connectivity index (χ0v) is 15.4. The minimum absolute atomic E-state index is 0.269. The molecule has 0 aliphatic heterocycles. The average Bonchev–Trinajstić information content (AvgIpc) is 2.37. The van der Waals surface area contributed by atoms with Crippen LogP contribution in [0.5, 0.6) is 0 Å². The van der Waals surface area contributed by atoms with Gasteiger partial charge in [-0.05, 0) is 30.7 Å². The third-order valence-electron chi connectivity index (χ3n) is 2.66. The van der Waals surface area contributed by atoms with Crippen molar-refractivity contribution in [3.63, 3.8) is 0 Å². The molecule has 0 fully saturated rings. The maximum Gasteiger partial charge on any atom is 0.241 e. The number of sulfonamides is 1. The Morgan fingerprint density at radius 3 is 2.06 bits per heavy atom. The maximum atomic E-state index is 12.3. The average molecular weight is 464 g/mol. The predicted molar refractivity (Wildman–Crippen MR) is 85.1 cm³/mol. The van der Waals surface area contributed by atoms with Gasteiger partial charge in [0.15, 0.2) is 0 Å². The van der Waals surface area contributed by atoms with Gasteiger partial charge in [-0.3, -0.25) is 0 Å². The van der Waals surface area contributed by atoms with E-state index in [4.69, 9.17) is 0 Å². The molecule has 0 aromatic heterocycles. The highest BCUT2D eigenvalue weighted by molar-refractivity contribution is 9.10. The Hall–Kier alpha value is 0.570. The van der Waals surface area contributed by atoms with E-state index in [-0.39, 0.29) is 4.90 Å². The molecule has 1 aromatic carbocycles. The molecule has 0 atom stereocenters. The second-order valence-corrected chi connectivity index (χ2v) is 7.68. The van der Waals surface area contributed by atoms with Gasteiger partial charge in [0.1, 0.15) is 0 Å². The first kappa shape index (κ1) is 16.6. The summed E-state index contributed by atoms with van der Waals surface area (Å²) in [6.45, 7) is 1.95. The van der Waals surface area contributed by atoms with Gasteiger partial charge >= 0.3 is 0 Å². The highest BCUT2D eigenvalue weighted by Crippen LogP contribution is 2.22. The molecule has 3 nitrogen and oxygen atoms in total. The van der Waals surface area contributed by atoms with Crippen LogP contribution in [-0.2, 0) is 10.0 Å². The van der Waals surface area contributed by atoms with Crippen molar-refractivity contribution in [2.75, 3.05) is 10.7 Å². The molecule has 0 aliphatic carbocycles. The van der Waals surface area contributed by atoms with Gasteiger partial charge in [0.05, 0.1) is 10.4 Å². The molecule has 0 unspecified atom stereocenters. The molecule has 0 amide bonds. The van der Waals surface area contributed by atoms with Gasteiger partial charge < -0.3 is 0 Å². The van der Waals surface area contributed by atoms with Crippen LogP contribution in [0.3, 0.4) is 0 Å². The largest absolute Gasteiger partial charge is 0.241 e. The summed E-state index contributed by atoms with van der Waals surface area (Å²) < 4.78 is 28.1. The van der Waals surface area contributed by atoms with Crippen LogP contribution < -0.4 is 4.72 Å². The fourth-order valence-electron chi connectivity index (χ4n) is 1.31. The van der Waals surface area contributed by atoms with Gasteiger partial charge in [-0.1, -0.05) is 54.7 Å². The summed E-state index contributed by atoms with van der Waals surface area (Å²) in [6, 6.07) is 6.58. The highest BCUT2D eigenvalue weighted by atomic mass is 79.9. The Morgan fingerprint density at radius 2 is 1.67 bits per heavy atom. The smallest absolute Gasteiger partial charge is 0.207 e. The van der Waals surface area contributed by atoms with E-state index in [1.807, 2.05) is 6.92 Å². The Labute approximate surface area is 133 Å². The van der Waals surface area contributed by atoms with Gasteiger partial charge in [0, 0.05) is 15.1 Å². The van der Waals surface area contributed by atoms with Crippen molar-refractivity contribution in [2.24, 2.45) is 0 Å². The van der Waals surface area contributed by atoms with Crippen molar-refractivity contribution in [1.29, 1.82) is 0 Å². The number of nitrogens with one attached hydrogen (secondary N) is 1. The second-order valence-electron chi connectivity index (χ2n) is 3.96. The van der Waals surface area contributed by atoms with Gasteiger partial charge in [-0.15, -0.1) is 0 Å². The SMILES string of the molecule is CCC(CBr)(CBr)NS(=O)(=O)c1ccc(Br)cc1. The number of hydrogen-bond donors (Lipinski definition) is 1. The van der Waals surface area contributed by atoms with Gasteiger partial charge in [-0.2, -0.15) is 0 Å². The van der Waals surface area contributed by atoms with Crippen LogP contribution in [-0.4, -0.2) is 24.6 Å². The van der Waals surface area contributed by atoms with Crippen LogP contribution >= 0.6 is 47.8 Å². The minimum Gasteiger partial charge on any atom is -0.207 e. The third-order valence-corrected chi connectivity index (χ3v) is 6.93. The van der Waals surface area contributed by atoms with E-state index in [0.717, 1.165) is 4.47 Å². The van der Waals surface area contributed by atoms with Crippen molar-refractivity contribution < 1.29 is 8.42 Å².